The summed E-state index contributed by atoms with van der Waals surface area (Å²) in [4.78, 5) is 12.8. The van der Waals surface area contributed by atoms with Crippen molar-refractivity contribution in [3.63, 3.8) is 0 Å². The van der Waals surface area contributed by atoms with E-state index < -0.39 is 0 Å². The lowest BCUT2D eigenvalue weighted by atomic mass is 9.53. The minimum Gasteiger partial charge on any atom is -0.393 e. The van der Waals surface area contributed by atoms with Crippen molar-refractivity contribution in [2.24, 2.45) is 5.41 Å². The smallest absolute Gasteiger partial charge is 0.272 e. The molecule has 0 unspecified atom stereocenters. The maximum Gasteiger partial charge on any atom is 0.272 e. The summed E-state index contributed by atoms with van der Waals surface area (Å²) in [7, 11) is 0. The molecule has 1 spiro atoms. The number of fused-ring (bicyclic) bond motifs is 1. The highest BCUT2D eigenvalue weighted by Crippen LogP contribution is 2.55. The number of nitrogens with zero attached hydrogens (tertiary/aromatic N) is 2. The topological polar surface area (TPSA) is 76.4 Å². The Morgan fingerprint density at radius 1 is 1.38 bits per heavy atom. The summed E-state index contributed by atoms with van der Waals surface area (Å²) in [5, 5.41) is 17.2. The fraction of sp³-hybridized carbons (Fsp3) is 0.778. The number of rotatable bonds is 3. The van der Waals surface area contributed by atoms with Gasteiger partial charge in [-0.1, -0.05) is 0 Å². The minimum atomic E-state index is -0.128. The Bertz CT molecular complexity index is 655. The molecule has 1 amide bonds. The summed E-state index contributed by atoms with van der Waals surface area (Å²) in [5.74, 6) is -0.0560. The molecule has 2 heterocycles. The van der Waals surface area contributed by atoms with Crippen LogP contribution >= 0.6 is 0 Å². The zero-order valence-corrected chi connectivity index (χ0v) is 14.7. The van der Waals surface area contributed by atoms with E-state index in [9.17, 15) is 9.90 Å². The van der Waals surface area contributed by atoms with Crippen molar-refractivity contribution in [1.82, 2.24) is 15.1 Å². The van der Waals surface area contributed by atoms with E-state index in [1.807, 2.05) is 25.5 Å². The molecule has 0 aromatic carbocycles. The van der Waals surface area contributed by atoms with E-state index >= 15 is 0 Å². The predicted molar refractivity (Wildman–Crippen MR) is 88.7 cm³/mol. The molecule has 0 radical (unpaired) electrons. The molecule has 24 heavy (non-hydrogen) atoms. The number of aromatic nitrogens is 2. The van der Waals surface area contributed by atoms with Crippen LogP contribution in [-0.2, 0) is 17.7 Å². The number of amides is 1. The number of nitrogens with one attached hydrogen (secondary N) is 1. The van der Waals surface area contributed by atoms with Gasteiger partial charge in [0.25, 0.3) is 5.91 Å². The molecule has 2 saturated carbocycles. The number of hydrogen-bond donors (Lipinski definition) is 2. The SMILES string of the molecule is CCn1nc(C(=O)NC2CC3(CC(O)C3)C2)c2c1[C@H](C)O[C@H](C)C2. The van der Waals surface area contributed by atoms with Gasteiger partial charge in [-0.2, -0.15) is 5.10 Å². The van der Waals surface area contributed by atoms with Crippen LogP contribution in [0.4, 0.5) is 0 Å². The first-order valence-electron chi connectivity index (χ1n) is 9.15. The summed E-state index contributed by atoms with van der Waals surface area (Å²) in [5.41, 5.74) is 2.97. The molecular weight excluding hydrogens is 306 g/mol. The van der Waals surface area contributed by atoms with Gasteiger partial charge in [0, 0.05) is 24.6 Å². The van der Waals surface area contributed by atoms with Gasteiger partial charge < -0.3 is 15.2 Å². The van der Waals surface area contributed by atoms with Gasteiger partial charge in [0.05, 0.1) is 24.0 Å². The maximum atomic E-state index is 12.8. The van der Waals surface area contributed by atoms with Crippen molar-refractivity contribution in [3.05, 3.63) is 17.0 Å². The second-order valence-corrected chi connectivity index (χ2v) is 7.96. The fourth-order valence-electron chi connectivity index (χ4n) is 4.96. The average molecular weight is 333 g/mol. The largest absolute Gasteiger partial charge is 0.393 e. The standard InChI is InChI=1S/C18H27N3O3/c1-4-21-16-11(3)24-10(2)5-14(16)15(20-21)17(23)19-12-6-18(7-12)8-13(22)9-18/h10-13,22H,4-9H2,1-3H3,(H,19,23)/t10-,11+,12?,13?,18?/m1/s1. The zero-order chi connectivity index (χ0) is 17.1. The summed E-state index contributed by atoms with van der Waals surface area (Å²) < 4.78 is 7.81. The molecule has 2 fully saturated rings. The number of ether oxygens (including phenoxy) is 1. The Labute approximate surface area is 142 Å². The van der Waals surface area contributed by atoms with Crippen molar-refractivity contribution in [3.8, 4) is 0 Å². The fourth-order valence-corrected chi connectivity index (χ4v) is 4.96. The minimum absolute atomic E-state index is 0.0267. The third-order valence-electron chi connectivity index (χ3n) is 5.95. The summed E-state index contributed by atoms with van der Waals surface area (Å²) in [6.07, 6.45) is 4.46. The normalized spacial score (nSPS) is 37.5. The highest BCUT2D eigenvalue weighted by Gasteiger charge is 2.52. The van der Waals surface area contributed by atoms with Crippen LogP contribution in [0.15, 0.2) is 0 Å². The average Bonchev–Trinajstić information content (AvgIpc) is 2.82. The van der Waals surface area contributed by atoms with Crippen LogP contribution in [0.1, 0.15) is 74.3 Å². The molecule has 6 nitrogen and oxygen atoms in total. The highest BCUT2D eigenvalue weighted by atomic mass is 16.5. The first-order chi connectivity index (χ1) is 11.4. The zero-order valence-electron chi connectivity index (χ0n) is 14.7. The van der Waals surface area contributed by atoms with E-state index in [1.54, 1.807) is 0 Å². The Morgan fingerprint density at radius 2 is 2.08 bits per heavy atom. The summed E-state index contributed by atoms with van der Waals surface area (Å²) >= 11 is 0. The molecule has 0 bridgehead atoms. The van der Waals surface area contributed by atoms with Crippen LogP contribution in [0, 0.1) is 5.41 Å². The van der Waals surface area contributed by atoms with E-state index in [-0.39, 0.29) is 30.3 Å². The second-order valence-electron chi connectivity index (χ2n) is 7.96. The van der Waals surface area contributed by atoms with Crippen molar-refractivity contribution in [2.75, 3.05) is 0 Å². The predicted octanol–water partition coefficient (Wildman–Crippen LogP) is 1.96. The van der Waals surface area contributed by atoms with Gasteiger partial charge in [-0.15, -0.1) is 0 Å². The van der Waals surface area contributed by atoms with Gasteiger partial charge in [-0.25, -0.2) is 0 Å². The number of aliphatic hydroxyl groups excluding tert-OH is 1. The second kappa shape index (κ2) is 5.56. The van der Waals surface area contributed by atoms with E-state index in [0.29, 0.717) is 11.1 Å². The van der Waals surface area contributed by atoms with Gasteiger partial charge in [0.2, 0.25) is 0 Å². The molecule has 132 valence electrons. The van der Waals surface area contributed by atoms with E-state index in [0.717, 1.165) is 49.9 Å². The summed E-state index contributed by atoms with van der Waals surface area (Å²) in [6.45, 7) is 6.85. The molecule has 2 atom stereocenters. The molecule has 4 rings (SSSR count). The van der Waals surface area contributed by atoms with E-state index in [2.05, 4.69) is 10.4 Å². The molecule has 0 saturated heterocycles. The number of aliphatic hydroxyl groups is 1. The van der Waals surface area contributed by atoms with Gasteiger partial charge >= 0.3 is 0 Å². The number of aryl methyl sites for hydroxylation is 1. The van der Waals surface area contributed by atoms with Crippen LogP contribution in [0.25, 0.3) is 0 Å². The molecule has 2 aliphatic carbocycles. The molecule has 3 aliphatic rings. The van der Waals surface area contributed by atoms with E-state index in [1.165, 1.54) is 0 Å². The van der Waals surface area contributed by atoms with Crippen molar-refractivity contribution in [1.29, 1.82) is 0 Å². The number of carbonyl (C=O) groups excluding carboxylic acids is 1. The van der Waals surface area contributed by atoms with Gasteiger partial charge in [-0.3, -0.25) is 9.48 Å². The van der Waals surface area contributed by atoms with Crippen LogP contribution in [0.3, 0.4) is 0 Å². The molecule has 6 heteroatoms. The summed E-state index contributed by atoms with van der Waals surface area (Å²) in [6, 6.07) is 0.224. The molecule has 1 aromatic rings. The first-order valence-corrected chi connectivity index (χ1v) is 9.15. The Morgan fingerprint density at radius 3 is 2.71 bits per heavy atom. The maximum absolute atomic E-state index is 12.8. The molecule has 1 aromatic heterocycles. The highest BCUT2D eigenvalue weighted by molar-refractivity contribution is 5.94. The lowest BCUT2D eigenvalue weighted by Crippen LogP contribution is -2.57. The third kappa shape index (κ3) is 2.47. The third-order valence-corrected chi connectivity index (χ3v) is 5.95. The molecule has 1 aliphatic heterocycles. The quantitative estimate of drug-likeness (QED) is 0.886. The number of carbonyl (C=O) groups is 1. The van der Waals surface area contributed by atoms with Crippen LogP contribution in [0.2, 0.25) is 0 Å². The van der Waals surface area contributed by atoms with Crippen molar-refractivity contribution < 1.29 is 14.6 Å². The molecular formula is C18H27N3O3. The van der Waals surface area contributed by atoms with Crippen molar-refractivity contribution in [2.45, 2.75) is 83.8 Å². The Hall–Kier alpha value is -1.40. The number of hydrogen-bond acceptors (Lipinski definition) is 4. The van der Waals surface area contributed by atoms with Gasteiger partial charge in [0.15, 0.2) is 5.69 Å². The lowest BCUT2D eigenvalue weighted by Gasteiger charge is -2.56. The molecule has 2 N–H and O–H groups in total. The lowest BCUT2D eigenvalue weighted by molar-refractivity contribution is -0.0949. The Kier molecular flexibility index (Phi) is 3.73. The Balaban J connectivity index is 1.49. The van der Waals surface area contributed by atoms with E-state index in [4.69, 9.17) is 4.74 Å². The van der Waals surface area contributed by atoms with Gasteiger partial charge in [0.1, 0.15) is 0 Å². The van der Waals surface area contributed by atoms with Crippen molar-refractivity contribution >= 4 is 5.91 Å². The van der Waals surface area contributed by atoms with Crippen LogP contribution in [-0.4, -0.2) is 39.0 Å². The van der Waals surface area contributed by atoms with Crippen LogP contribution in [0.5, 0.6) is 0 Å². The van der Waals surface area contributed by atoms with Gasteiger partial charge in [-0.05, 0) is 51.9 Å². The monoisotopic (exact) mass is 333 g/mol. The van der Waals surface area contributed by atoms with Crippen LogP contribution < -0.4 is 5.32 Å². The first kappa shape index (κ1) is 16.1.